The smallest absolute Gasteiger partial charge is 0.269 e. The summed E-state index contributed by atoms with van der Waals surface area (Å²) < 4.78 is 0. The maximum absolute atomic E-state index is 11.2. The minimum atomic E-state index is -0.359. The van der Waals surface area contributed by atoms with Crippen molar-refractivity contribution in [2.45, 2.75) is 31.2 Å². The SMILES string of the molecule is O=[N+]([O-])c1cccc(C2Nc3ccc([N+](=O)[O-])cc3C3C4CCC(C4)C23)c1. The van der Waals surface area contributed by atoms with Crippen molar-refractivity contribution in [1.82, 2.24) is 0 Å². The summed E-state index contributed by atoms with van der Waals surface area (Å²) in [6.07, 6.45) is 3.48. The second kappa shape index (κ2) is 5.77. The number of hydrogen-bond acceptors (Lipinski definition) is 5. The molecule has 0 amide bonds. The van der Waals surface area contributed by atoms with Crippen molar-refractivity contribution in [1.29, 1.82) is 0 Å². The Balaban J connectivity index is 1.62. The van der Waals surface area contributed by atoms with Crippen LogP contribution in [-0.4, -0.2) is 9.85 Å². The predicted octanol–water partition coefficient (Wildman–Crippen LogP) is 4.80. The number of benzene rings is 2. The van der Waals surface area contributed by atoms with Gasteiger partial charge in [0.1, 0.15) is 0 Å². The number of nitro groups is 2. The fraction of sp³-hybridized carbons (Fsp3) is 0.400. The summed E-state index contributed by atoms with van der Waals surface area (Å²) in [6, 6.07) is 11.9. The van der Waals surface area contributed by atoms with Gasteiger partial charge in [0.15, 0.2) is 0 Å². The second-order valence-electron chi connectivity index (χ2n) is 7.94. The second-order valence-corrected chi connectivity index (χ2v) is 7.94. The van der Waals surface area contributed by atoms with E-state index < -0.39 is 0 Å². The van der Waals surface area contributed by atoms with E-state index in [4.69, 9.17) is 0 Å². The van der Waals surface area contributed by atoms with E-state index in [0.29, 0.717) is 17.8 Å². The van der Waals surface area contributed by atoms with Gasteiger partial charge in [-0.1, -0.05) is 12.1 Å². The summed E-state index contributed by atoms with van der Waals surface area (Å²) in [5.41, 5.74) is 3.12. The lowest BCUT2D eigenvalue weighted by atomic mass is 9.68. The van der Waals surface area contributed by atoms with Gasteiger partial charge in [-0.2, -0.15) is 0 Å². The fourth-order valence-corrected chi connectivity index (χ4v) is 5.75. The van der Waals surface area contributed by atoms with E-state index >= 15 is 0 Å². The molecule has 0 saturated heterocycles. The number of nitro benzene ring substituents is 2. The molecular weight excluding hydrogens is 346 g/mol. The largest absolute Gasteiger partial charge is 0.378 e. The molecule has 1 aliphatic heterocycles. The summed E-state index contributed by atoms with van der Waals surface area (Å²) in [5, 5.41) is 26.0. The van der Waals surface area contributed by atoms with E-state index in [2.05, 4.69) is 5.32 Å². The van der Waals surface area contributed by atoms with Crippen LogP contribution in [0.15, 0.2) is 42.5 Å². The Morgan fingerprint density at radius 3 is 2.44 bits per heavy atom. The first-order chi connectivity index (χ1) is 13.0. The zero-order chi connectivity index (χ0) is 18.7. The molecule has 7 heteroatoms. The highest BCUT2D eigenvalue weighted by atomic mass is 16.6. The molecule has 3 aliphatic rings. The summed E-state index contributed by atoms with van der Waals surface area (Å²) >= 11 is 0. The average Bonchev–Trinajstić information content (AvgIpc) is 3.29. The molecule has 0 aromatic heterocycles. The molecule has 0 radical (unpaired) electrons. The van der Waals surface area contributed by atoms with Crippen molar-refractivity contribution in [3.05, 3.63) is 73.8 Å². The molecule has 5 unspecified atom stereocenters. The lowest BCUT2D eigenvalue weighted by Crippen LogP contribution is -2.35. The Morgan fingerprint density at radius 1 is 0.926 bits per heavy atom. The Morgan fingerprint density at radius 2 is 1.67 bits per heavy atom. The summed E-state index contributed by atoms with van der Waals surface area (Å²) in [5.74, 6) is 1.71. The highest BCUT2D eigenvalue weighted by molar-refractivity contribution is 5.62. The van der Waals surface area contributed by atoms with Gasteiger partial charge in [-0.3, -0.25) is 20.2 Å². The third-order valence-corrected chi connectivity index (χ3v) is 6.72. The van der Waals surface area contributed by atoms with Gasteiger partial charge in [0, 0.05) is 30.0 Å². The fourth-order valence-electron chi connectivity index (χ4n) is 5.75. The molecule has 27 heavy (non-hydrogen) atoms. The summed E-state index contributed by atoms with van der Waals surface area (Å²) in [7, 11) is 0. The number of anilines is 1. The van der Waals surface area contributed by atoms with Gasteiger partial charge in [0.2, 0.25) is 0 Å². The molecule has 2 saturated carbocycles. The molecule has 0 spiro atoms. The first kappa shape index (κ1) is 16.2. The van der Waals surface area contributed by atoms with Gasteiger partial charge in [0.05, 0.1) is 15.9 Å². The number of non-ortho nitro benzene ring substituents is 2. The van der Waals surface area contributed by atoms with Crippen LogP contribution >= 0.6 is 0 Å². The third kappa shape index (κ3) is 2.41. The standard InChI is InChI=1S/C20H19N3O4/c24-22(25)14-3-1-2-13(9-14)20-19-12-5-4-11(8-12)18(19)16-10-15(23(26)27)6-7-17(16)21-20/h1-3,6-7,9-12,18-21H,4-5,8H2. The topological polar surface area (TPSA) is 98.3 Å². The van der Waals surface area contributed by atoms with Crippen molar-refractivity contribution >= 4 is 17.1 Å². The number of nitrogens with one attached hydrogen (secondary N) is 1. The van der Waals surface area contributed by atoms with E-state index in [9.17, 15) is 20.2 Å². The van der Waals surface area contributed by atoms with Gasteiger partial charge in [-0.25, -0.2) is 0 Å². The van der Waals surface area contributed by atoms with E-state index in [1.165, 1.54) is 18.6 Å². The van der Waals surface area contributed by atoms with E-state index in [0.717, 1.165) is 29.7 Å². The van der Waals surface area contributed by atoms with Crippen LogP contribution in [0.25, 0.3) is 0 Å². The minimum Gasteiger partial charge on any atom is -0.378 e. The molecule has 2 aliphatic carbocycles. The predicted molar refractivity (Wildman–Crippen MR) is 99.6 cm³/mol. The lowest BCUT2D eigenvalue weighted by molar-refractivity contribution is -0.385. The van der Waals surface area contributed by atoms with Gasteiger partial charge < -0.3 is 5.32 Å². The third-order valence-electron chi connectivity index (χ3n) is 6.72. The highest BCUT2D eigenvalue weighted by Gasteiger charge is 2.54. The lowest BCUT2D eigenvalue weighted by Gasteiger charge is -2.43. The quantitative estimate of drug-likeness (QED) is 0.622. The van der Waals surface area contributed by atoms with Crippen LogP contribution < -0.4 is 5.32 Å². The highest BCUT2D eigenvalue weighted by Crippen LogP contribution is 2.64. The molecule has 2 aromatic rings. The molecule has 138 valence electrons. The molecule has 5 rings (SSSR count). The molecule has 2 aromatic carbocycles. The molecule has 1 N–H and O–H groups in total. The zero-order valence-electron chi connectivity index (χ0n) is 14.6. The normalized spacial score (nSPS) is 30.3. The van der Waals surface area contributed by atoms with Crippen LogP contribution in [0.1, 0.15) is 42.3 Å². The van der Waals surface area contributed by atoms with Crippen molar-refractivity contribution in [2.75, 3.05) is 5.32 Å². The molecular formula is C20H19N3O4. The molecule has 2 bridgehead atoms. The van der Waals surface area contributed by atoms with Gasteiger partial charge >= 0.3 is 0 Å². The van der Waals surface area contributed by atoms with Crippen molar-refractivity contribution < 1.29 is 9.85 Å². The molecule has 1 heterocycles. The summed E-state index contributed by atoms with van der Waals surface area (Å²) in [6.45, 7) is 0. The van der Waals surface area contributed by atoms with E-state index in [-0.39, 0.29) is 33.2 Å². The van der Waals surface area contributed by atoms with Crippen molar-refractivity contribution in [3.8, 4) is 0 Å². The van der Waals surface area contributed by atoms with Crippen molar-refractivity contribution in [2.24, 2.45) is 17.8 Å². The molecule has 2 fully saturated rings. The van der Waals surface area contributed by atoms with Crippen LogP contribution in [0, 0.1) is 38.0 Å². The number of nitrogens with zero attached hydrogens (tertiary/aromatic N) is 2. The zero-order valence-corrected chi connectivity index (χ0v) is 14.6. The number of fused-ring (bicyclic) bond motifs is 7. The van der Waals surface area contributed by atoms with Gasteiger partial charge in [0.25, 0.3) is 11.4 Å². The van der Waals surface area contributed by atoms with Crippen molar-refractivity contribution in [3.63, 3.8) is 0 Å². The van der Waals surface area contributed by atoms with Crippen LogP contribution in [0.3, 0.4) is 0 Å². The van der Waals surface area contributed by atoms with Gasteiger partial charge in [-0.15, -0.1) is 0 Å². The summed E-state index contributed by atoms with van der Waals surface area (Å²) in [4.78, 5) is 21.8. The number of hydrogen-bond donors (Lipinski definition) is 1. The Kier molecular flexibility index (Phi) is 3.47. The Labute approximate surface area is 155 Å². The Hall–Kier alpha value is -2.96. The van der Waals surface area contributed by atoms with Crippen LogP contribution in [0.4, 0.5) is 17.1 Å². The molecule has 7 nitrogen and oxygen atoms in total. The van der Waals surface area contributed by atoms with Crippen LogP contribution in [0.5, 0.6) is 0 Å². The monoisotopic (exact) mass is 365 g/mol. The van der Waals surface area contributed by atoms with E-state index in [1.807, 2.05) is 6.07 Å². The first-order valence-electron chi connectivity index (χ1n) is 9.32. The van der Waals surface area contributed by atoms with Gasteiger partial charge in [-0.05, 0) is 60.1 Å². The maximum Gasteiger partial charge on any atom is 0.269 e. The number of rotatable bonds is 3. The maximum atomic E-state index is 11.2. The minimum absolute atomic E-state index is 0.000781. The first-order valence-corrected chi connectivity index (χ1v) is 9.32. The van der Waals surface area contributed by atoms with E-state index in [1.54, 1.807) is 24.3 Å². The Bertz CT molecular complexity index is 960. The molecule has 5 atom stereocenters. The average molecular weight is 365 g/mol. The van der Waals surface area contributed by atoms with Crippen LogP contribution in [-0.2, 0) is 0 Å². The van der Waals surface area contributed by atoms with Crippen LogP contribution in [0.2, 0.25) is 0 Å².